The molecule has 0 aliphatic rings. The molecule has 5 heteroatoms. The summed E-state index contributed by atoms with van der Waals surface area (Å²) in [5.41, 5.74) is 0. The summed E-state index contributed by atoms with van der Waals surface area (Å²) in [5, 5.41) is 0.451. The molecule has 0 aliphatic carbocycles. The number of unbranched alkanes of at least 4 members (excludes halogenated alkanes) is 1. The van der Waals surface area contributed by atoms with Crippen LogP contribution in [0.15, 0.2) is 24.3 Å². The van der Waals surface area contributed by atoms with Crippen LogP contribution in [0.2, 0.25) is 5.02 Å². The predicted molar refractivity (Wildman–Crippen MR) is 80.3 cm³/mol. The Kier molecular flexibility index (Phi) is 6.92. The fourth-order valence-corrected chi connectivity index (χ4v) is 3.61. The standard InChI is InChI=1S/C14H22ClO3P/c1-4-5-10-19(16,17-11-12(2)3)18-14-9-7-6-8-13(14)15/h6-9,12H,4-5,10-11H2,1-3H3. The molecule has 0 spiro atoms. The first kappa shape index (κ1) is 16.6. The molecular formula is C14H22ClO3P. The number of benzene rings is 1. The van der Waals surface area contributed by atoms with E-state index in [0.29, 0.717) is 29.5 Å². The Bertz CT molecular complexity index is 434. The van der Waals surface area contributed by atoms with E-state index in [1.54, 1.807) is 24.3 Å². The maximum atomic E-state index is 12.7. The summed E-state index contributed by atoms with van der Waals surface area (Å²) >= 11 is 6.03. The molecule has 1 atom stereocenters. The number of halogens is 1. The van der Waals surface area contributed by atoms with E-state index in [9.17, 15) is 4.57 Å². The van der Waals surface area contributed by atoms with Gasteiger partial charge in [0.25, 0.3) is 0 Å². The van der Waals surface area contributed by atoms with E-state index in [1.165, 1.54) is 0 Å². The van der Waals surface area contributed by atoms with Crippen molar-refractivity contribution in [2.45, 2.75) is 33.6 Å². The molecule has 0 heterocycles. The molecule has 0 radical (unpaired) electrons. The zero-order valence-corrected chi connectivity index (χ0v) is 13.4. The molecule has 108 valence electrons. The molecule has 0 bridgehead atoms. The largest absolute Gasteiger partial charge is 0.423 e. The summed E-state index contributed by atoms with van der Waals surface area (Å²) in [4.78, 5) is 0. The molecule has 0 saturated carbocycles. The van der Waals surface area contributed by atoms with Gasteiger partial charge in [0.15, 0.2) is 0 Å². The first-order chi connectivity index (χ1) is 8.97. The number of hydrogen-bond donors (Lipinski definition) is 0. The lowest BCUT2D eigenvalue weighted by Crippen LogP contribution is -2.07. The minimum Gasteiger partial charge on any atom is -0.423 e. The van der Waals surface area contributed by atoms with Crippen LogP contribution >= 0.6 is 19.2 Å². The van der Waals surface area contributed by atoms with Gasteiger partial charge in [-0.2, -0.15) is 0 Å². The summed E-state index contributed by atoms with van der Waals surface area (Å²) in [5.74, 6) is 0.733. The van der Waals surface area contributed by atoms with Crippen molar-refractivity contribution in [3.05, 3.63) is 29.3 Å². The van der Waals surface area contributed by atoms with Crippen LogP contribution in [0.3, 0.4) is 0 Å². The van der Waals surface area contributed by atoms with E-state index in [1.807, 2.05) is 20.8 Å². The average molecular weight is 305 g/mol. The van der Waals surface area contributed by atoms with Crippen LogP contribution in [0.1, 0.15) is 33.6 Å². The summed E-state index contributed by atoms with van der Waals surface area (Å²) in [6, 6.07) is 7.03. The second-order valence-electron chi connectivity index (χ2n) is 4.90. The van der Waals surface area contributed by atoms with Crippen LogP contribution in [0, 0.1) is 5.92 Å². The van der Waals surface area contributed by atoms with Gasteiger partial charge in [0, 0.05) is 0 Å². The van der Waals surface area contributed by atoms with E-state index in [2.05, 4.69) is 0 Å². The highest BCUT2D eigenvalue weighted by atomic mass is 35.5. The van der Waals surface area contributed by atoms with Gasteiger partial charge in [0.05, 0.1) is 17.8 Å². The Morgan fingerprint density at radius 1 is 1.32 bits per heavy atom. The fraction of sp³-hybridized carbons (Fsp3) is 0.571. The molecule has 0 saturated heterocycles. The SMILES string of the molecule is CCCCP(=O)(OCC(C)C)Oc1ccccc1Cl. The van der Waals surface area contributed by atoms with Crippen LogP contribution in [0.4, 0.5) is 0 Å². The summed E-state index contributed by atoms with van der Waals surface area (Å²) < 4.78 is 23.8. The van der Waals surface area contributed by atoms with Crippen molar-refractivity contribution < 1.29 is 13.6 Å². The Balaban J connectivity index is 2.79. The Labute approximate surface area is 120 Å². The van der Waals surface area contributed by atoms with Crippen molar-refractivity contribution in [3.63, 3.8) is 0 Å². The highest BCUT2D eigenvalue weighted by Gasteiger charge is 2.26. The van der Waals surface area contributed by atoms with Crippen LogP contribution < -0.4 is 4.52 Å². The molecule has 19 heavy (non-hydrogen) atoms. The van der Waals surface area contributed by atoms with Gasteiger partial charge in [0.1, 0.15) is 5.75 Å². The van der Waals surface area contributed by atoms with Gasteiger partial charge in [-0.3, -0.25) is 4.52 Å². The topological polar surface area (TPSA) is 35.5 Å². The zero-order chi connectivity index (χ0) is 14.3. The van der Waals surface area contributed by atoms with E-state index in [-0.39, 0.29) is 0 Å². The third-order valence-electron chi connectivity index (χ3n) is 2.46. The van der Waals surface area contributed by atoms with Crippen LogP contribution in [0.5, 0.6) is 5.75 Å². The number of hydrogen-bond acceptors (Lipinski definition) is 3. The zero-order valence-electron chi connectivity index (χ0n) is 11.8. The lowest BCUT2D eigenvalue weighted by atomic mass is 10.2. The Morgan fingerprint density at radius 3 is 2.58 bits per heavy atom. The smallest absolute Gasteiger partial charge is 0.379 e. The summed E-state index contributed by atoms with van der Waals surface area (Å²) in [7, 11) is -3.12. The highest BCUT2D eigenvalue weighted by Crippen LogP contribution is 2.50. The molecule has 0 N–H and O–H groups in total. The minimum absolute atomic E-state index is 0.310. The van der Waals surface area contributed by atoms with Gasteiger partial charge < -0.3 is 4.52 Å². The number of para-hydroxylation sites is 1. The summed E-state index contributed by atoms with van der Waals surface area (Å²) in [6.45, 7) is 6.49. The second kappa shape index (κ2) is 7.94. The van der Waals surface area contributed by atoms with Crippen LogP contribution in [-0.2, 0) is 9.09 Å². The summed E-state index contributed by atoms with van der Waals surface area (Å²) in [6.07, 6.45) is 2.17. The molecule has 3 nitrogen and oxygen atoms in total. The normalized spacial score (nSPS) is 14.4. The maximum Gasteiger partial charge on any atom is 0.379 e. The van der Waals surface area contributed by atoms with E-state index in [4.69, 9.17) is 20.6 Å². The Morgan fingerprint density at radius 2 is 2.00 bits per heavy atom. The first-order valence-electron chi connectivity index (χ1n) is 6.64. The third kappa shape index (κ3) is 5.99. The predicted octanol–water partition coefficient (Wildman–Crippen LogP) is 5.38. The van der Waals surface area contributed by atoms with Crippen molar-refractivity contribution >= 4 is 19.2 Å². The Hall–Kier alpha value is -0.500. The van der Waals surface area contributed by atoms with Crippen molar-refractivity contribution in [1.29, 1.82) is 0 Å². The van der Waals surface area contributed by atoms with Gasteiger partial charge in [-0.25, -0.2) is 4.57 Å². The van der Waals surface area contributed by atoms with Crippen molar-refractivity contribution in [3.8, 4) is 5.75 Å². The molecule has 0 aromatic heterocycles. The third-order valence-corrected chi connectivity index (χ3v) is 4.66. The van der Waals surface area contributed by atoms with Gasteiger partial charge in [-0.1, -0.05) is 50.9 Å². The molecular weight excluding hydrogens is 283 g/mol. The first-order valence-corrected chi connectivity index (χ1v) is 8.75. The second-order valence-corrected chi connectivity index (χ2v) is 7.42. The van der Waals surface area contributed by atoms with E-state index >= 15 is 0 Å². The van der Waals surface area contributed by atoms with E-state index in [0.717, 1.165) is 12.8 Å². The highest BCUT2D eigenvalue weighted by molar-refractivity contribution is 7.54. The molecule has 0 fully saturated rings. The van der Waals surface area contributed by atoms with Crippen molar-refractivity contribution in [2.24, 2.45) is 5.92 Å². The maximum absolute atomic E-state index is 12.7. The van der Waals surface area contributed by atoms with Gasteiger partial charge >= 0.3 is 7.60 Å². The van der Waals surface area contributed by atoms with Crippen LogP contribution in [0.25, 0.3) is 0 Å². The molecule has 1 aromatic rings. The lowest BCUT2D eigenvalue weighted by Gasteiger charge is -2.20. The monoisotopic (exact) mass is 304 g/mol. The fourth-order valence-electron chi connectivity index (χ4n) is 1.42. The molecule has 1 aromatic carbocycles. The van der Waals surface area contributed by atoms with Crippen molar-refractivity contribution in [1.82, 2.24) is 0 Å². The molecule has 1 unspecified atom stereocenters. The molecule has 0 aliphatic heterocycles. The van der Waals surface area contributed by atoms with E-state index < -0.39 is 7.60 Å². The van der Waals surface area contributed by atoms with Gasteiger partial charge in [0.2, 0.25) is 0 Å². The average Bonchev–Trinajstić information content (AvgIpc) is 2.37. The quantitative estimate of drug-likeness (QED) is 0.604. The number of rotatable bonds is 8. The van der Waals surface area contributed by atoms with Crippen molar-refractivity contribution in [2.75, 3.05) is 12.8 Å². The van der Waals surface area contributed by atoms with Gasteiger partial charge in [-0.15, -0.1) is 0 Å². The van der Waals surface area contributed by atoms with Crippen LogP contribution in [-0.4, -0.2) is 12.8 Å². The molecule has 0 amide bonds. The lowest BCUT2D eigenvalue weighted by molar-refractivity contribution is 0.233. The van der Waals surface area contributed by atoms with Gasteiger partial charge in [-0.05, 0) is 24.5 Å². The molecule has 1 rings (SSSR count). The minimum atomic E-state index is -3.12.